The van der Waals surface area contributed by atoms with Crippen molar-refractivity contribution >= 4 is 11.8 Å². The van der Waals surface area contributed by atoms with Crippen LogP contribution in [0.3, 0.4) is 0 Å². The average molecular weight is 321 g/mol. The molecule has 2 unspecified atom stereocenters. The van der Waals surface area contributed by atoms with Gasteiger partial charge in [0.15, 0.2) is 0 Å². The van der Waals surface area contributed by atoms with E-state index in [1.165, 1.54) is 25.0 Å². The minimum atomic E-state index is 0.832. The summed E-state index contributed by atoms with van der Waals surface area (Å²) in [6.07, 6.45) is 3.98. The predicted molar refractivity (Wildman–Crippen MR) is 109 cm³/mol. The van der Waals surface area contributed by atoms with Crippen LogP contribution in [0.1, 0.15) is 102 Å². The Morgan fingerprint density at radius 2 is 1.05 bits per heavy atom. The first-order chi connectivity index (χ1) is 9.94. The molecule has 2 atom stereocenters. The van der Waals surface area contributed by atoms with Crippen LogP contribution in [0.15, 0.2) is 0 Å². The van der Waals surface area contributed by atoms with E-state index in [-0.39, 0.29) is 0 Å². The summed E-state index contributed by atoms with van der Waals surface area (Å²) in [5.74, 6) is 3.89. The molecule has 0 saturated heterocycles. The van der Waals surface area contributed by atoms with E-state index in [0.717, 1.165) is 23.0 Å². The fourth-order valence-electron chi connectivity index (χ4n) is 1.57. The van der Waals surface area contributed by atoms with Crippen LogP contribution in [-0.4, -0.2) is 11.0 Å². The largest absolute Gasteiger partial charge is 0.159 e. The van der Waals surface area contributed by atoms with E-state index < -0.39 is 0 Å². The molecule has 0 bridgehead atoms. The molecule has 0 heterocycles. The number of hydrogen-bond donors (Lipinski definition) is 0. The Bertz CT molecular complexity index is 139. The van der Waals surface area contributed by atoms with Crippen molar-refractivity contribution in [1.82, 2.24) is 0 Å². The van der Waals surface area contributed by atoms with Crippen LogP contribution in [0.4, 0.5) is 0 Å². The average Bonchev–Trinajstić information content (AvgIpc) is 2.55. The molecule has 21 heavy (non-hydrogen) atoms. The number of hydrogen-bond acceptors (Lipinski definition) is 1. The standard InChI is InChI=1S/C10H22S.C6H14.2C2H6/c1-6-10(11-7-2)9(5)8(3)4;1-4-6(3)5-2;2*1-2/h8-10H,6-7H2,1-5H3;6H,4-5H2,1-3H3;2*1-2H3. The fourth-order valence-corrected chi connectivity index (χ4v) is 2.86. The van der Waals surface area contributed by atoms with E-state index >= 15 is 0 Å². The highest BCUT2D eigenvalue weighted by molar-refractivity contribution is 7.99. The molecule has 0 fully saturated rings. The van der Waals surface area contributed by atoms with E-state index in [1.807, 2.05) is 27.7 Å². The third-order valence-electron chi connectivity index (χ3n) is 3.81. The van der Waals surface area contributed by atoms with E-state index in [2.05, 4.69) is 67.2 Å². The first-order valence-electron chi connectivity index (χ1n) is 9.55. The topological polar surface area (TPSA) is 0 Å². The van der Waals surface area contributed by atoms with Gasteiger partial charge in [0.2, 0.25) is 0 Å². The lowest BCUT2D eigenvalue weighted by atomic mass is 9.93. The molecule has 134 valence electrons. The number of thioether (sulfide) groups is 1. The third-order valence-corrected chi connectivity index (χ3v) is 5.34. The molecule has 0 saturated carbocycles. The van der Waals surface area contributed by atoms with Crippen LogP contribution in [0, 0.1) is 17.8 Å². The van der Waals surface area contributed by atoms with Crippen molar-refractivity contribution in [2.75, 3.05) is 5.75 Å². The van der Waals surface area contributed by atoms with Crippen molar-refractivity contribution in [2.45, 2.75) is 108 Å². The summed E-state index contributed by atoms with van der Waals surface area (Å²) in [7, 11) is 0. The maximum absolute atomic E-state index is 2.38. The third kappa shape index (κ3) is 22.8. The Balaban J connectivity index is -0.000000122. The number of rotatable bonds is 7. The minimum absolute atomic E-state index is 0.832. The molecule has 0 aromatic heterocycles. The highest BCUT2D eigenvalue weighted by atomic mass is 32.2. The van der Waals surface area contributed by atoms with Gasteiger partial charge in [-0.1, -0.05) is 95.9 Å². The molecule has 0 aliphatic heterocycles. The summed E-state index contributed by atoms with van der Waals surface area (Å²) in [5.41, 5.74) is 0. The first-order valence-corrected chi connectivity index (χ1v) is 10.6. The van der Waals surface area contributed by atoms with Crippen LogP contribution in [0.25, 0.3) is 0 Å². The van der Waals surface area contributed by atoms with Gasteiger partial charge in [0, 0.05) is 5.25 Å². The van der Waals surface area contributed by atoms with Crippen molar-refractivity contribution < 1.29 is 0 Å². The molecule has 0 spiro atoms. The Hall–Kier alpha value is 0.350. The van der Waals surface area contributed by atoms with Gasteiger partial charge in [-0.25, -0.2) is 0 Å². The van der Waals surface area contributed by atoms with E-state index in [4.69, 9.17) is 0 Å². The smallest absolute Gasteiger partial charge is 0.00724 e. The zero-order valence-corrected chi connectivity index (χ0v) is 18.4. The molecule has 0 aromatic carbocycles. The van der Waals surface area contributed by atoms with Crippen molar-refractivity contribution in [2.24, 2.45) is 17.8 Å². The van der Waals surface area contributed by atoms with E-state index in [9.17, 15) is 0 Å². The SMILES string of the molecule is CC.CC.CCC(C)CC.CCSC(CC)C(C)C(C)C. The second-order valence-corrected chi connectivity index (χ2v) is 6.94. The Kier molecular flexibility index (Phi) is 35.4. The molecule has 0 nitrogen and oxygen atoms in total. The maximum Gasteiger partial charge on any atom is 0.00724 e. The summed E-state index contributed by atoms with van der Waals surface area (Å²) in [6.45, 7) is 26.3. The van der Waals surface area contributed by atoms with E-state index in [1.54, 1.807) is 0 Å². The maximum atomic E-state index is 2.38. The summed E-state index contributed by atoms with van der Waals surface area (Å²) in [4.78, 5) is 0. The first kappa shape index (κ1) is 29.4. The van der Waals surface area contributed by atoms with Crippen LogP contribution in [-0.2, 0) is 0 Å². The zero-order valence-electron chi connectivity index (χ0n) is 17.5. The van der Waals surface area contributed by atoms with Gasteiger partial charge in [0.25, 0.3) is 0 Å². The molecular weight excluding hydrogens is 272 g/mol. The lowest BCUT2D eigenvalue weighted by Gasteiger charge is -2.24. The van der Waals surface area contributed by atoms with Crippen molar-refractivity contribution in [3.8, 4) is 0 Å². The summed E-state index contributed by atoms with van der Waals surface area (Å²) in [6, 6.07) is 0. The van der Waals surface area contributed by atoms with Crippen LogP contribution >= 0.6 is 11.8 Å². The van der Waals surface area contributed by atoms with Gasteiger partial charge >= 0.3 is 0 Å². The zero-order chi connectivity index (χ0) is 17.8. The van der Waals surface area contributed by atoms with Gasteiger partial charge in [0.05, 0.1) is 0 Å². The summed E-state index contributed by atoms with van der Waals surface area (Å²) >= 11 is 2.11. The van der Waals surface area contributed by atoms with Crippen molar-refractivity contribution in [1.29, 1.82) is 0 Å². The highest BCUT2D eigenvalue weighted by Crippen LogP contribution is 2.27. The van der Waals surface area contributed by atoms with Crippen molar-refractivity contribution in [3.05, 3.63) is 0 Å². The molecule has 0 aliphatic rings. The Morgan fingerprint density at radius 1 is 0.667 bits per heavy atom. The molecule has 0 aromatic rings. The van der Waals surface area contributed by atoms with Crippen LogP contribution in [0.5, 0.6) is 0 Å². The second kappa shape index (κ2) is 25.3. The second-order valence-electron chi connectivity index (χ2n) is 5.43. The lowest BCUT2D eigenvalue weighted by molar-refractivity contribution is 0.399. The molecule has 0 rings (SSSR count). The molecule has 0 aliphatic carbocycles. The monoisotopic (exact) mass is 320 g/mol. The lowest BCUT2D eigenvalue weighted by Crippen LogP contribution is -2.18. The van der Waals surface area contributed by atoms with E-state index in [0.29, 0.717) is 0 Å². The Labute approximate surface area is 143 Å². The van der Waals surface area contributed by atoms with Crippen molar-refractivity contribution in [3.63, 3.8) is 0 Å². The molecule has 0 radical (unpaired) electrons. The fraction of sp³-hybridized carbons (Fsp3) is 1.00. The van der Waals surface area contributed by atoms with Gasteiger partial charge in [0.1, 0.15) is 0 Å². The molecule has 0 N–H and O–H groups in total. The van der Waals surface area contributed by atoms with Crippen LogP contribution in [0.2, 0.25) is 0 Å². The molecule has 1 heteroatoms. The molecular formula is C20H48S. The normalized spacial score (nSPS) is 12.3. The van der Waals surface area contributed by atoms with Gasteiger partial charge < -0.3 is 0 Å². The van der Waals surface area contributed by atoms with Gasteiger partial charge in [-0.15, -0.1) is 0 Å². The van der Waals surface area contributed by atoms with Gasteiger partial charge in [-0.2, -0.15) is 11.8 Å². The van der Waals surface area contributed by atoms with Crippen LogP contribution < -0.4 is 0 Å². The highest BCUT2D eigenvalue weighted by Gasteiger charge is 2.17. The quantitative estimate of drug-likeness (QED) is 0.454. The predicted octanol–water partition coefficient (Wildman–Crippen LogP) is 8.31. The summed E-state index contributed by atoms with van der Waals surface area (Å²) < 4.78 is 0. The minimum Gasteiger partial charge on any atom is -0.159 e. The summed E-state index contributed by atoms with van der Waals surface area (Å²) in [5, 5.41) is 0.875. The molecule has 0 amide bonds. The van der Waals surface area contributed by atoms with Gasteiger partial charge in [-0.05, 0) is 29.9 Å². The Morgan fingerprint density at radius 3 is 1.19 bits per heavy atom. The van der Waals surface area contributed by atoms with Gasteiger partial charge in [-0.3, -0.25) is 0 Å².